The Morgan fingerprint density at radius 1 is 1.14 bits per heavy atom. The van der Waals surface area contributed by atoms with Crippen molar-refractivity contribution < 1.29 is 14.3 Å². The number of nitrogens with one attached hydrogen (secondary N) is 1. The molecule has 1 aromatic carbocycles. The number of thiophene rings is 1. The number of ether oxygens (including phenoxy) is 2. The van der Waals surface area contributed by atoms with Crippen molar-refractivity contribution >= 4 is 17.2 Å². The summed E-state index contributed by atoms with van der Waals surface area (Å²) in [6, 6.07) is 7.31. The highest BCUT2D eigenvalue weighted by Gasteiger charge is 2.12. The molecule has 118 valence electrons. The molecule has 0 fully saturated rings. The van der Waals surface area contributed by atoms with Crippen LogP contribution in [0.5, 0.6) is 11.5 Å². The van der Waals surface area contributed by atoms with Crippen LogP contribution in [-0.2, 0) is 6.54 Å². The number of hydrogen-bond donors (Lipinski definition) is 1. The van der Waals surface area contributed by atoms with Gasteiger partial charge in [-0.25, -0.2) is 0 Å². The van der Waals surface area contributed by atoms with Crippen molar-refractivity contribution in [3.8, 4) is 11.5 Å². The molecule has 2 rings (SSSR count). The van der Waals surface area contributed by atoms with Crippen LogP contribution < -0.4 is 14.8 Å². The van der Waals surface area contributed by atoms with Crippen LogP contribution in [0.2, 0.25) is 0 Å². The summed E-state index contributed by atoms with van der Waals surface area (Å²) >= 11 is 1.65. The van der Waals surface area contributed by atoms with Gasteiger partial charge in [0.25, 0.3) is 5.91 Å². The lowest BCUT2D eigenvalue weighted by atomic mass is 10.2. The van der Waals surface area contributed by atoms with Crippen LogP contribution in [0.1, 0.15) is 34.6 Å². The SMILES string of the molecule is CCOc1ccc(C(=O)NCc2sccc2C)cc1OCC. The summed E-state index contributed by atoms with van der Waals surface area (Å²) in [5, 5.41) is 4.97. The normalized spacial score (nSPS) is 10.3. The first-order valence-electron chi connectivity index (χ1n) is 7.36. The number of hydrogen-bond acceptors (Lipinski definition) is 4. The first-order valence-corrected chi connectivity index (χ1v) is 8.24. The maximum Gasteiger partial charge on any atom is 0.251 e. The van der Waals surface area contributed by atoms with Gasteiger partial charge in [-0.05, 0) is 56.0 Å². The van der Waals surface area contributed by atoms with E-state index in [-0.39, 0.29) is 5.91 Å². The second-order valence-electron chi connectivity index (χ2n) is 4.74. The zero-order valence-corrected chi connectivity index (χ0v) is 14.0. The zero-order chi connectivity index (χ0) is 15.9. The van der Waals surface area contributed by atoms with E-state index in [2.05, 4.69) is 11.4 Å². The lowest BCUT2D eigenvalue weighted by molar-refractivity contribution is 0.0950. The fourth-order valence-corrected chi connectivity index (χ4v) is 2.89. The van der Waals surface area contributed by atoms with E-state index in [9.17, 15) is 4.79 Å². The second-order valence-corrected chi connectivity index (χ2v) is 5.74. The third-order valence-corrected chi connectivity index (χ3v) is 4.21. The largest absolute Gasteiger partial charge is 0.490 e. The molecule has 0 spiro atoms. The van der Waals surface area contributed by atoms with E-state index in [0.29, 0.717) is 36.8 Å². The quantitative estimate of drug-likeness (QED) is 0.845. The van der Waals surface area contributed by atoms with Crippen molar-refractivity contribution in [2.24, 2.45) is 0 Å². The molecule has 22 heavy (non-hydrogen) atoms. The smallest absolute Gasteiger partial charge is 0.251 e. The third-order valence-electron chi connectivity index (χ3n) is 3.18. The van der Waals surface area contributed by atoms with Gasteiger partial charge in [0, 0.05) is 10.4 Å². The highest BCUT2D eigenvalue weighted by Crippen LogP contribution is 2.28. The molecule has 0 aliphatic rings. The predicted octanol–water partition coefficient (Wildman–Crippen LogP) is 3.78. The molecular formula is C17H21NO3S. The number of carbonyl (C=O) groups excluding carboxylic acids is 1. The van der Waals surface area contributed by atoms with Crippen LogP contribution in [0.25, 0.3) is 0 Å². The number of rotatable bonds is 7. The van der Waals surface area contributed by atoms with Gasteiger partial charge in [-0.15, -0.1) is 11.3 Å². The van der Waals surface area contributed by atoms with Gasteiger partial charge in [0.2, 0.25) is 0 Å². The molecule has 0 saturated heterocycles. The summed E-state index contributed by atoms with van der Waals surface area (Å²) in [4.78, 5) is 13.4. The molecule has 0 unspecified atom stereocenters. The molecule has 0 bridgehead atoms. The van der Waals surface area contributed by atoms with E-state index in [0.717, 1.165) is 0 Å². The van der Waals surface area contributed by atoms with E-state index in [1.54, 1.807) is 29.5 Å². The second kappa shape index (κ2) is 7.84. The molecule has 4 nitrogen and oxygen atoms in total. The van der Waals surface area contributed by atoms with Gasteiger partial charge in [-0.3, -0.25) is 4.79 Å². The van der Waals surface area contributed by atoms with Gasteiger partial charge in [-0.1, -0.05) is 0 Å². The third kappa shape index (κ3) is 4.01. The number of amides is 1. The minimum Gasteiger partial charge on any atom is -0.490 e. The van der Waals surface area contributed by atoms with Gasteiger partial charge >= 0.3 is 0 Å². The Labute approximate surface area is 135 Å². The fourth-order valence-electron chi connectivity index (χ4n) is 2.04. The molecule has 0 saturated carbocycles. The molecule has 1 aromatic heterocycles. The van der Waals surface area contributed by atoms with Crippen LogP contribution in [0.15, 0.2) is 29.6 Å². The molecule has 1 N–H and O–H groups in total. The summed E-state index contributed by atoms with van der Waals surface area (Å²) in [6.07, 6.45) is 0. The Morgan fingerprint density at radius 3 is 2.50 bits per heavy atom. The summed E-state index contributed by atoms with van der Waals surface area (Å²) in [5.74, 6) is 1.15. The van der Waals surface area contributed by atoms with Gasteiger partial charge < -0.3 is 14.8 Å². The zero-order valence-electron chi connectivity index (χ0n) is 13.1. The summed E-state index contributed by atoms with van der Waals surface area (Å²) in [6.45, 7) is 7.49. The van der Waals surface area contributed by atoms with Crippen LogP contribution in [-0.4, -0.2) is 19.1 Å². The highest BCUT2D eigenvalue weighted by molar-refractivity contribution is 7.10. The molecule has 5 heteroatoms. The lowest BCUT2D eigenvalue weighted by Gasteiger charge is -2.12. The molecule has 2 aromatic rings. The van der Waals surface area contributed by atoms with Gasteiger partial charge in [0.1, 0.15) is 0 Å². The van der Waals surface area contributed by atoms with Crippen molar-refractivity contribution in [3.63, 3.8) is 0 Å². The molecule has 1 amide bonds. The minimum atomic E-state index is -0.114. The van der Waals surface area contributed by atoms with Crippen LogP contribution in [0, 0.1) is 6.92 Å². The summed E-state index contributed by atoms with van der Waals surface area (Å²) in [5.41, 5.74) is 1.77. The number of benzene rings is 1. The van der Waals surface area contributed by atoms with Gasteiger partial charge in [-0.2, -0.15) is 0 Å². The van der Waals surface area contributed by atoms with Gasteiger partial charge in [0.05, 0.1) is 19.8 Å². The maximum absolute atomic E-state index is 12.3. The molecule has 0 atom stereocenters. The number of aryl methyl sites for hydroxylation is 1. The summed E-state index contributed by atoms with van der Waals surface area (Å²) < 4.78 is 11.1. The molecule has 0 aliphatic heterocycles. The Hall–Kier alpha value is -2.01. The van der Waals surface area contributed by atoms with Crippen molar-refractivity contribution in [1.29, 1.82) is 0 Å². The molecule has 0 aliphatic carbocycles. The maximum atomic E-state index is 12.3. The first-order chi connectivity index (χ1) is 10.7. The Morgan fingerprint density at radius 2 is 1.86 bits per heavy atom. The van der Waals surface area contributed by atoms with E-state index in [4.69, 9.17) is 9.47 Å². The van der Waals surface area contributed by atoms with Crippen molar-refractivity contribution in [2.75, 3.05) is 13.2 Å². The lowest BCUT2D eigenvalue weighted by Crippen LogP contribution is -2.22. The fraction of sp³-hybridized carbons (Fsp3) is 0.353. The molecular weight excluding hydrogens is 298 g/mol. The van der Waals surface area contributed by atoms with E-state index >= 15 is 0 Å². The van der Waals surface area contributed by atoms with Crippen molar-refractivity contribution in [3.05, 3.63) is 45.6 Å². The van der Waals surface area contributed by atoms with Gasteiger partial charge in [0.15, 0.2) is 11.5 Å². The Bertz CT molecular complexity index is 637. The summed E-state index contributed by atoms with van der Waals surface area (Å²) in [7, 11) is 0. The van der Waals surface area contributed by atoms with Crippen LogP contribution >= 0.6 is 11.3 Å². The number of carbonyl (C=O) groups is 1. The van der Waals surface area contributed by atoms with Crippen LogP contribution in [0.3, 0.4) is 0 Å². The van der Waals surface area contributed by atoms with Crippen molar-refractivity contribution in [1.82, 2.24) is 5.32 Å². The highest BCUT2D eigenvalue weighted by atomic mass is 32.1. The monoisotopic (exact) mass is 319 g/mol. The van der Waals surface area contributed by atoms with E-state index in [1.165, 1.54) is 10.4 Å². The Kier molecular flexibility index (Phi) is 5.83. The standard InChI is InChI=1S/C17H21NO3S/c1-4-20-14-7-6-13(10-15(14)21-5-2)17(19)18-11-16-12(3)8-9-22-16/h6-10H,4-5,11H2,1-3H3,(H,18,19). The Balaban J connectivity index is 2.08. The average molecular weight is 319 g/mol. The molecule has 0 radical (unpaired) electrons. The molecule has 1 heterocycles. The van der Waals surface area contributed by atoms with Crippen molar-refractivity contribution in [2.45, 2.75) is 27.3 Å². The average Bonchev–Trinajstić information content (AvgIpc) is 2.92. The predicted molar refractivity (Wildman–Crippen MR) is 89.0 cm³/mol. The topological polar surface area (TPSA) is 47.6 Å². The van der Waals surface area contributed by atoms with Crippen LogP contribution in [0.4, 0.5) is 0 Å². The van der Waals surface area contributed by atoms with E-state index in [1.807, 2.05) is 26.2 Å². The first kappa shape index (κ1) is 16.4. The minimum absolute atomic E-state index is 0.114. The van der Waals surface area contributed by atoms with E-state index < -0.39 is 0 Å².